The van der Waals surface area contributed by atoms with Crippen LogP contribution in [0.25, 0.3) is 0 Å². The first-order valence-electron chi connectivity index (χ1n) is 6.31. The molecule has 0 radical (unpaired) electrons. The van der Waals surface area contributed by atoms with E-state index < -0.39 is 5.97 Å². The van der Waals surface area contributed by atoms with Gasteiger partial charge in [0.2, 0.25) is 5.89 Å². The molecule has 1 unspecified atom stereocenters. The lowest BCUT2D eigenvalue weighted by Crippen LogP contribution is -2.13. The molecule has 18 heavy (non-hydrogen) atoms. The normalized spacial score (nSPS) is 13.4. The Kier molecular flexibility index (Phi) is 4.87. The number of nitrogens with zero attached hydrogens (tertiary/aromatic N) is 2. The highest BCUT2D eigenvalue weighted by atomic mass is 16.5. The maximum atomic E-state index is 11.4. The van der Waals surface area contributed by atoms with Crippen LogP contribution in [0.4, 0.5) is 0 Å². The molecule has 1 aromatic heterocycles. The summed E-state index contributed by atoms with van der Waals surface area (Å²) in [6.45, 7) is 10.8. The van der Waals surface area contributed by atoms with Crippen molar-refractivity contribution in [3.8, 4) is 0 Å². The third-order valence-electron chi connectivity index (χ3n) is 2.41. The zero-order chi connectivity index (χ0) is 13.8. The first kappa shape index (κ1) is 14.7. The van der Waals surface area contributed by atoms with Crippen molar-refractivity contribution in [2.45, 2.75) is 47.5 Å². The Bertz CT molecular complexity index is 393. The van der Waals surface area contributed by atoms with Gasteiger partial charge in [-0.05, 0) is 29.8 Å². The van der Waals surface area contributed by atoms with E-state index in [9.17, 15) is 4.79 Å². The van der Waals surface area contributed by atoms with E-state index >= 15 is 0 Å². The van der Waals surface area contributed by atoms with E-state index in [2.05, 4.69) is 37.8 Å². The summed E-state index contributed by atoms with van der Waals surface area (Å²) in [5, 5.41) is 3.62. The Labute approximate surface area is 108 Å². The van der Waals surface area contributed by atoms with Gasteiger partial charge in [0.15, 0.2) is 0 Å². The molecular weight excluding hydrogens is 232 g/mol. The molecule has 1 rings (SSSR count). The van der Waals surface area contributed by atoms with Crippen molar-refractivity contribution in [2.24, 2.45) is 11.3 Å². The van der Waals surface area contributed by atoms with Crippen molar-refractivity contribution in [1.82, 2.24) is 10.1 Å². The number of carbonyl (C=O) groups is 1. The molecular formula is C13H22N2O3. The predicted octanol–water partition coefficient (Wildman–Crippen LogP) is 2.86. The van der Waals surface area contributed by atoms with Crippen molar-refractivity contribution in [3.63, 3.8) is 0 Å². The first-order valence-corrected chi connectivity index (χ1v) is 6.31. The molecule has 0 aliphatic rings. The smallest absolute Gasteiger partial charge is 0.379 e. The Balaban J connectivity index is 2.56. The Hall–Kier alpha value is -1.39. The minimum atomic E-state index is -0.532. The highest BCUT2D eigenvalue weighted by Gasteiger charge is 2.20. The van der Waals surface area contributed by atoms with Crippen LogP contribution in [0.3, 0.4) is 0 Å². The van der Waals surface area contributed by atoms with Gasteiger partial charge in [0.05, 0.1) is 6.61 Å². The molecule has 0 saturated carbocycles. The van der Waals surface area contributed by atoms with Gasteiger partial charge in [0, 0.05) is 6.42 Å². The molecule has 0 aliphatic heterocycles. The molecule has 0 aliphatic carbocycles. The van der Waals surface area contributed by atoms with E-state index in [0.29, 0.717) is 24.8 Å². The molecule has 0 amide bonds. The Morgan fingerprint density at radius 3 is 2.67 bits per heavy atom. The number of aromatic nitrogens is 2. The molecule has 5 nitrogen and oxygen atoms in total. The van der Waals surface area contributed by atoms with Crippen LogP contribution < -0.4 is 0 Å². The third kappa shape index (κ3) is 4.85. The van der Waals surface area contributed by atoms with Crippen molar-refractivity contribution < 1.29 is 14.1 Å². The molecule has 0 aromatic carbocycles. The van der Waals surface area contributed by atoms with Gasteiger partial charge in [-0.3, -0.25) is 0 Å². The highest BCUT2D eigenvalue weighted by Crippen LogP contribution is 2.25. The Morgan fingerprint density at radius 2 is 2.11 bits per heavy atom. The van der Waals surface area contributed by atoms with E-state index in [1.54, 1.807) is 6.92 Å². The van der Waals surface area contributed by atoms with Gasteiger partial charge in [-0.25, -0.2) is 4.79 Å². The molecule has 1 atom stereocenters. The van der Waals surface area contributed by atoms with Gasteiger partial charge in [0.25, 0.3) is 5.82 Å². The lowest BCUT2D eigenvalue weighted by atomic mass is 9.84. The van der Waals surface area contributed by atoms with E-state index in [1.807, 2.05) is 0 Å². The molecule has 0 bridgehead atoms. The number of ether oxygens (including phenoxy) is 1. The van der Waals surface area contributed by atoms with Crippen LogP contribution in [0.15, 0.2) is 4.52 Å². The van der Waals surface area contributed by atoms with Crippen LogP contribution >= 0.6 is 0 Å². The van der Waals surface area contributed by atoms with Crippen LogP contribution in [0, 0.1) is 11.3 Å². The SMILES string of the molecule is CCOC(=O)c1noc(CC(C)CC(C)(C)C)n1. The number of esters is 1. The third-order valence-corrected chi connectivity index (χ3v) is 2.41. The number of rotatable bonds is 5. The average Bonchev–Trinajstić information content (AvgIpc) is 2.63. The number of hydrogen-bond donors (Lipinski definition) is 0. The second kappa shape index (κ2) is 5.98. The number of carbonyl (C=O) groups excluding carboxylic acids is 1. The lowest BCUT2D eigenvalue weighted by molar-refractivity contribution is 0.0508. The summed E-state index contributed by atoms with van der Waals surface area (Å²) < 4.78 is 9.86. The Morgan fingerprint density at radius 1 is 1.44 bits per heavy atom. The summed E-state index contributed by atoms with van der Waals surface area (Å²) >= 11 is 0. The molecule has 1 aromatic rings. The van der Waals surface area contributed by atoms with E-state index in [1.165, 1.54) is 0 Å². The lowest BCUT2D eigenvalue weighted by Gasteiger charge is -2.21. The van der Waals surface area contributed by atoms with Crippen LogP contribution in [-0.2, 0) is 11.2 Å². The van der Waals surface area contributed by atoms with Gasteiger partial charge >= 0.3 is 5.97 Å². The fourth-order valence-corrected chi connectivity index (χ4v) is 2.03. The second-order valence-corrected chi connectivity index (χ2v) is 5.81. The summed E-state index contributed by atoms with van der Waals surface area (Å²) in [6, 6.07) is 0. The molecule has 102 valence electrons. The van der Waals surface area contributed by atoms with Gasteiger partial charge in [0.1, 0.15) is 0 Å². The summed E-state index contributed by atoms with van der Waals surface area (Å²) in [7, 11) is 0. The number of hydrogen-bond acceptors (Lipinski definition) is 5. The molecule has 1 heterocycles. The summed E-state index contributed by atoms with van der Waals surface area (Å²) in [5.74, 6) is 0.404. The van der Waals surface area contributed by atoms with E-state index in [0.717, 1.165) is 6.42 Å². The zero-order valence-electron chi connectivity index (χ0n) is 11.8. The van der Waals surface area contributed by atoms with Crippen LogP contribution in [0.1, 0.15) is 57.5 Å². The maximum Gasteiger partial charge on any atom is 0.379 e. The summed E-state index contributed by atoms with van der Waals surface area (Å²) in [4.78, 5) is 15.4. The monoisotopic (exact) mass is 254 g/mol. The van der Waals surface area contributed by atoms with Crippen LogP contribution in [0.2, 0.25) is 0 Å². The highest BCUT2D eigenvalue weighted by molar-refractivity contribution is 5.84. The molecule has 0 spiro atoms. The minimum absolute atomic E-state index is 0.00908. The molecule has 0 fully saturated rings. The van der Waals surface area contributed by atoms with Crippen molar-refractivity contribution in [2.75, 3.05) is 6.61 Å². The standard InChI is InChI=1S/C13H22N2O3/c1-6-17-12(16)11-14-10(18-15-11)7-9(2)8-13(3,4)5/h9H,6-8H2,1-5H3. The summed E-state index contributed by atoms with van der Waals surface area (Å²) in [6.07, 6.45) is 1.74. The topological polar surface area (TPSA) is 65.2 Å². The molecule has 0 N–H and O–H groups in total. The largest absolute Gasteiger partial charge is 0.460 e. The molecule has 0 saturated heterocycles. The van der Waals surface area contributed by atoms with Crippen LogP contribution in [0.5, 0.6) is 0 Å². The van der Waals surface area contributed by atoms with Gasteiger partial charge in [-0.1, -0.05) is 27.7 Å². The fourth-order valence-electron chi connectivity index (χ4n) is 2.03. The van der Waals surface area contributed by atoms with Gasteiger partial charge in [-0.15, -0.1) is 0 Å². The molecule has 5 heteroatoms. The second-order valence-electron chi connectivity index (χ2n) is 5.81. The quantitative estimate of drug-likeness (QED) is 0.756. The summed E-state index contributed by atoms with van der Waals surface area (Å²) in [5.41, 5.74) is 0.267. The van der Waals surface area contributed by atoms with Gasteiger partial charge < -0.3 is 9.26 Å². The van der Waals surface area contributed by atoms with Crippen molar-refractivity contribution in [3.05, 3.63) is 11.7 Å². The van der Waals surface area contributed by atoms with Crippen LogP contribution in [-0.4, -0.2) is 22.7 Å². The van der Waals surface area contributed by atoms with E-state index in [-0.39, 0.29) is 11.2 Å². The van der Waals surface area contributed by atoms with E-state index in [4.69, 9.17) is 9.26 Å². The average molecular weight is 254 g/mol. The zero-order valence-corrected chi connectivity index (χ0v) is 11.8. The van der Waals surface area contributed by atoms with Gasteiger partial charge in [-0.2, -0.15) is 4.98 Å². The fraction of sp³-hybridized carbons (Fsp3) is 0.769. The van der Waals surface area contributed by atoms with Crippen molar-refractivity contribution >= 4 is 5.97 Å². The first-order chi connectivity index (χ1) is 8.31. The van der Waals surface area contributed by atoms with Crippen molar-refractivity contribution in [1.29, 1.82) is 0 Å². The predicted molar refractivity (Wildman–Crippen MR) is 67.2 cm³/mol. The maximum absolute atomic E-state index is 11.4. The minimum Gasteiger partial charge on any atom is -0.460 e.